The van der Waals surface area contributed by atoms with Crippen LogP contribution in [0.15, 0.2) is 98.2 Å². The van der Waals surface area contributed by atoms with Crippen LogP contribution in [0.4, 0.5) is 5.69 Å². The second kappa shape index (κ2) is 7.22. The average molecular weight is 448 g/mol. The molecule has 0 fully saturated rings. The highest BCUT2D eigenvalue weighted by atomic mass is 35.5. The van der Waals surface area contributed by atoms with Crippen LogP contribution < -0.4 is 4.72 Å². The van der Waals surface area contributed by atoms with E-state index in [1.807, 2.05) is 0 Å². The van der Waals surface area contributed by atoms with Gasteiger partial charge >= 0.3 is 0 Å². The number of halogens is 1. The lowest BCUT2D eigenvalue weighted by molar-refractivity contribution is 0.484. The summed E-state index contributed by atoms with van der Waals surface area (Å²) in [6, 6.07) is 19.8. The Balaban J connectivity index is 1.80. The minimum Gasteiger partial charge on any atom is -0.443 e. The quantitative estimate of drug-likeness (QED) is 0.477. The third-order valence-electron chi connectivity index (χ3n) is 4.20. The largest absolute Gasteiger partial charge is 0.443 e. The van der Waals surface area contributed by atoms with Crippen molar-refractivity contribution in [2.75, 3.05) is 4.72 Å². The number of hydrogen-bond acceptors (Lipinski definition) is 5. The van der Waals surface area contributed by atoms with Gasteiger partial charge in [0.1, 0.15) is 5.58 Å². The van der Waals surface area contributed by atoms with E-state index < -0.39 is 19.9 Å². The lowest BCUT2D eigenvalue weighted by Crippen LogP contribution is -2.15. The van der Waals surface area contributed by atoms with Gasteiger partial charge in [0.15, 0.2) is 0 Å². The number of rotatable bonds is 5. The minimum absolute atomic E-state index is 0.0338. The van der Waals surface area contributed by atoms with Crippen LogP contribution in [0, 0.1) is 0 Å². The Labute approximate surface area is 172 Å². The number of nitrogens with one attached hydrogen (secondary N) is 1. The van der Waals surface area contributed by atoms with Gasteiger partial charge in [-0.1, -0.05) is 48.0 Å². The molecule has 0 bridgehead atoms. The van der Waals surface area contributed by atoms with Gasteiger partial charge in [-0.25, -0.2) is 8.42 Å². The van der Waals surface area contributed by atoms with E-state index in [9.17, 15) is 16.8 Å². The predicted octanol–water partition coefficient (Wildman–Crippen LogP) is 4.72. The fourth-order valence-corrected chi connectivity index (χ4v) is 5.52. The Morgan fingerprint density at radius 2 is 1.48 bits per heavy atom. The molecule has 4 aromatic rings. The number of sulfonamides is 1. The van der Waals surface area contributed by atoms with Crippen LogP contribution in [0.2, 0.25) is 5.02 Å². The van der Waals surface area contributed by atoms with Crippen molar-refractivity contribution in [3.8, 4) is 0 Å². The summed E-state index contributed by atoms with van der Waals surface area (Å²) in [6.45, 7) is 0. The molecule has 1 aromatic heterocycles. The maximum Gasteiger partial charge on any atom is 0.295 e. The van der Waals surface area contributed by atoms with Crippen LogP contribution in [0.25, 0.3) is 11.0 Å². The summed E-state index contributed by atoms with van der Waals surface area (Å²) in [4.78, 5) is -0.181. The summed E-state index contributed by atoms with van der Waals surface area (Å²) in [5, 5.41) is 0.456. The van der Waals surface area contributed by atoms with Gasteiger partial charge in [0.25, 0.3) is 10.0 Å². The van der Waals surface area contributed by atoms with Crippen molar-refractivity contribution in [2.45, 2.75) is 14.9 Å². The Morgan fingerprint density at radius 1 is 0.793 bits per heavy atom. The topological polar surface area (TPSA) is 93.5 Å². The molecule has 1 heterocycles. The Kier molecular flexibility index (Phi) is 4.85. The molecule has 29 heavy (non-hydrogen) atoms. The fourth-order valence-electron chi connectivity index (χ4n) is 2.83. The van der Waals surface area contributed by atoms with E-state index in [0.717, 1.165) is 0 Å². The molecular weight excluding hydrogens is 434 g/mol. The Morgan fingerprint density at radius 3 is 2.21 bits per heavy atom. The maximum atomic E-state index is 13.0. The number of fused-ring (bicyclic) bond motifs is 1. The molecule has 6 nitrogen and oxygen atoms in total. The summed E-state index contributed by atoms with van der Waals surface area (Å²) < 4.78 is 59.5. The number of sulfone groups is 1. The Hall–Kier alpha value is -2.81. The summed E-state index contributed by atoms with van der Waals surface area (Å²) in [5.41, 5.74) is 0.234. The van der Waals surface area contributed by atoms with Gasteiger partial charge in [0, 0.05) is 16.5 Å². The lowest BCUT2D eigenvalue weighted by Gasteiger charge is -2.13. The van der Waals surface area contributed by atoms with Crippen LogP contribution in [0.1, 0.15) is 0 Å². The van der Waals surface area contributed by atoms with Crippen LogP contribution >= 0.6 is 11.6 Å². The van der Waals surface area contributed by atoms with Gasteiger partial charge in [-0.2, -0.15) is 8.42 Å². The van der Waals surface area contributed by atoms with Crippen molar-refractivity contribution in [1.29, 1.82) is 0 Å². The molecule has 0 unspecified atom stereocenters. The van der Waals surface area contributed by atoms with Crippen molar-refractivity contribution in [2.24, 2.45) is 0 Å². The van der Waals surface area contributed by atoms with E-state index >= 15 is 0 Å². The number of hydrogen-bond donors (Lipinski definition) is 1. The zero-order valence-electron chi connectivity index (χ0n) is 14.7. The molecule has 0 aliphatic carbocycles. The highest BCUT2D eigenvalue weighted by Gasteiger charge is 2.26. The van der Waals surface area contributed by atoms with Crippen LogP contribution in [-0.4, -0.2) is 16.8 Å². The van der Waals surface area contributed by atoms with Gasteiger partial charge < -0.3 is 4.42 Å². The number of furan rings is 1. The molecule has 1 N–H and O–H groups in total. The van der Waals surface area contributed by atoms with Gasteiger partial charge in [-0.15, -0.1) is 0 Å². The smallest absolute Gasteiger partial charge is 0.295 e. The third-order valence-corrected chi connectivity index (χ3v) is 7.48. The standard InChI is InChI=1S/C20H14ClNO5S2/c21-15-10-11-19(28(23,24)16-7-2-1-3-8-16)17(13-15)22-29(25,26)20-12-14-6-4-5-9-18(14)27-20/h1-13,22H. The molecule has 0 atom stereocenters. The second-order valence-corrected chi connectivity index (χ2v) is 10.1. The molecule has 4 rings (SSSR count). The minimum atomic E-state index is -4.20. The highest BCUT2D eigenvalue weighted by molar-refractivity contribution is 7.93. The van der Waals surface area contributed by atoms with E-state index in [2.05, 4.69) is 4.72 Å². The molecule has 0 spiro atoms. The van der Waals surface area contributed by atoms with Crippen molar-refractivity contribution in [3.63, 3.8) is 0 Å². The van der Waals surface area contributed by atoms with Crippen LogP contribution in [0.3, 0.4) is 0 Å². The lowest BCUT2D eigenvalue weighted by atomic mass is 10.3. The maximum absolute atomic E-state index is 13.0. The van der Waals surface area contributed by atoms with Gasteiger partial charge in [0.2, 0.25) is 14.9 Å². The number of benzene rings is 3. The monoisotopic (exact) mass is 447 g/mol. The molecule has 0 saturated carbocycles. The van der Waals surface area contributed by atoms with Crippen molar-refractivity contribution < 1.29 is 21.3 Å². The Bertz CT molecular complexity index is 1380. The van der Waals surface area contributed by atoms with Crippen molar-refractivity contribution >= 4 is 48.1 Å². The average Bonchev–Trinajstić information content (AvgIpc) is 3.13. The summed E-state index contributed by atoms with van der Waals surface area (Å²) >= 11 is 6.00. The van der Waals surface area contributed by atoms with E-state index in [0.29, 0.717) is 11.0 Å². The zero-order chi connectivity index (χ0) is 20.6. The van der Waals surface area contributed by atoms with Crippen LogP contribution in [0.5, 0.6) is 0 Å². The number of anilines is 1. The molecule has 3 aromatic carbocycles. The summed E-state index contributed by atoms with van der Waals surface area (Å²) in [5.74, 6) is 0. The zero-order valence-corrected chi connectivity index (χ0v) is 17.1. The number of para-hydroxylation sites is 1. The summed E-state index contributed by atoms with van der Waals surface area (Å²) in [6.07, 6.45) is 0. The molecule has 148 valence electrons. The molecular formula is C20H14ClNO5S2. The molecule has 0 amide bonds. The normalized spacial score (nSPS) is 12.2. The van der Waals surface area contributed by atoms with Crippen LogP contribution in [-0.2, 0) is 19.9 Å². The molecule has 0 aliphatic rings. The van der Waals surface area contributed by atoms with E-state index in [-0.39, 0.29) is 25.6 Å². The SMILES string of the molecule is O=S(=O)(Nc1cc(Cl)ccc1S(=O)(=O)c1ccccc1)c1cc2ccccc2o1. The van der Waals surface area contributed by atoms with Gasteiger partial charge in [-0.05, 0) is 36.4 Å². The van der Waals surface area contributed by atoms with E-state index in [4.69, 9.17) is 16.0 Å². The first-order valence-corrected chi connectivity index (χ1v) is 11.7. The predicted molar refractivity (Wildman–Crippen MR) is 110 cm³/mol. The van der Waals surface area contributed by atoms with Gasteiger partial charge in [-0.3, -0.25) is 4.72 Å². The summed E-state index contributed by atoms with van der Waals surface area (Å²) in [7, 11) is -8.18. The first-order valence-electron chi connectivity index (χ1n) is 8.38. The third kappa shape index (κ3) is 3.74. The van der Waals surface area contributed by atoms with E-state index in [1.54, 1.807) is 42.5 Å². The molecule has 9 heteroatoms. The van der Waals surface area contributed by atoms with Gasteiger partial charge in [0.05, 0.1) is 15.5 Å². The molecule has 0 aliphatic heterocycles. The van der Waals surface area contributed by atoms with E-state index in [1.165, 1.54) is 36.4 Å². The first-order chi connectivity index (χ1) is 13.8. The molecule has 0 saturated heterocycles. The van der Waals surface area contributed by atoms with Crippen molar-refractivity contribution in [3.05, 3.63) is 83.9 Å². The molecule has 0 radical (unpaired) electrons. The fraction of sp³-hybridized carbons (Fsp3) is 0. The first kappa shape index (κ1) is 19.5. The second-order valence-electron chi connectivity index (χ2n) is 6.17. The van der Waals surface area contributed by atoms with Crippen molar-refractivity contribution in [1.82, 2.24) is 0 Å². The highest BCUT2D eigenvalue weighted by Crippen LogP contribution is 2.32.